The van der Waals surface area contributed by atoms with Gasteiger partial charge in [-0.2, -0.15) is 0 Å². The number of halogens is 6. The third-order valence-electron chi connectivity index (χ3n) is 2.62. The highest BCUT2D eigenvalue weighted by molar-refractivity contribution is 9.12. The molecule has 0 heterocycles. The Morgan fingerprint density at radius 1 is 0.609 bits per heavy atom. The van der Waals surface area contributed by atoms with Crippen molar-refractivity contribution >= 4 is 95.6 Å². The summed E-state index contributed by atoms with van der Waals surface area (Å²) >= 11 is 20.8. The van der Waals surface area contributed by atoms with Crippen molar-refractivity contribution in [3.05, 3.63) is 57.5 Å². The van der Waals surface area contributed by atoms with Crippen molar-refractivity contribution < 1.29 is 9.47 Å². The molecule has 0 amide bonds. The number of benzene rings is 2. The Balaban J connectivity index is 1.85. The molecule has 0 N–H and O–H groups in total. The van der Waals surface area contributed by atoms with Crippen molar-refractivity contribution in [2.45, 2.75) is 0 Å². The van der Waals surface area contributed by atoms with E-state index in [1.807, 2.05) is 30.7 Å². The predicted octanol–water partition coefficient (Wildman–Crippen LogP) is 7.92. The third kappa shape index (κ3) is 5.99. The van der Waals surface area contributed by atoms with Gasteiger partial charge in [0, 0.05) is 15.4 Å². The first kappa shape index (κ1) is 20.2. The minimum Gasteiger partial charge on any atom is -0.491 e. The molecule has 0 bridgehead atoms. The molecule has 0 aliphatic heterocycles. The highest BCUT2D eigenvalue weighted by atomic mass is 79.9. The third-order valence-corrected chi connectivity index (χ3v) is 5.89. The topological polar surface area (TPSA) is 18.5 Å². The maximum absolute atomic E-state index is 5.76. The molecule has 0 saturated heterocycles. The van der Waals surface area contributed by atoms with Crippen LogP contribution in [0.15, 0.2) is 51.1 Å². The van der Waals surface area contributed by atoms with Crippen molar-refractivity contribution in [3.8, 4) is 11.5 Å². The predicted molar refractivity (Wildman–Crippen MR) is 114 cm³/mol. The average molecular weight is 701 g/mol. The first-order valence-corrected chi connectivity index (χ1v) is 11.0. The van der Waals surface area contributed by atoms with Crippen molar-refractivity contribution in [1.29, 1.82) is 0 Å². The molecule has 2 nitrogen and oxygen atoms in total. The van der Waals surface area contributed by atoms with Gasteiger partial charge in [0.05, 0.1) is 31.1 Å². The van der Waals surface area contributed by atoms with Crippen molar-refractivity contribution in [2.75, 3.05) is 13.2 Å². The summed E-state index contributed by atoms with van der Waals surface area (Å²) in [6.45, 7) is 0.870. The average Bonchev–Trinajstić information content (AvgIpc) is 2.42. The molecule has 123 valence electrons. The van der Waals surface area contributed by atoms with Crippen molar-refractivity contribution in [2.24, 2.45) is 0 Å². The van der Waals surface area contributed by atoms with Crippen LogP contribution in [-0.2, 0) is 0 Å². The van der Waals surface area contributed by atoms with E-state index in [2.05, 4.69) is 95.6 Å². The minimum absolute atomic E-state index is 0.435. The van der Waals surface area contributed by atoms with Gasteiger partial charge in [-0.25, -0.2) is 0 Å². The van der Waals surface area contributed by atoms with E-state index in [0.717, 1.165) is 38.3 Å². The first-order chi connectivity index (χ1) is 10.9. The van der Waals surface area contributed by atoms with E-state index in [-0.39, 0.29) is 0 Å². The normalized spacial score (nSPS) is 10.7. The Bertz CT molecular complexity index is 599. The number of rotatable bonds is 6. The zero-order valence-corrected chi connectivity index (χ0v) is 20.9. The monoisotopic (exact) mass is 695 g/mol. The Morgan fingerprint density at radius 2 is 0.913 bits per heavy atom. The summed E-state index contributed by atoms with van der Waals surface area (Å²) in [5.41, 5.74) is 0. The van der Waals surface area contributed by atoms with Crippen LogP contribution in [0.3, 0.4) is 0 Å². The van der Waals surface area contributed by atoms with Gasteiger partial charge in [-0.3, -0.25) is 0 Å². The summed E-state index contributed by atoms with van der Waals surface area (Å²) in [7, 11) is 0. The molecular weight excluding hydrogens is 692 g/mol. The summed E-state index contributed by atoms with van der Waals surface area (Å²) in [6.07, 6.45) is 1.92. The minimum atomic E-state index is 0.435. The van der Waals surface area contributed by atoms with Gasteiger partial charge in [0.15, 0.2) is 0 Å². The molecular formula is C15H9Br6O2. The number of hydrogen-bond donors (Lipinski definition) is 0. The first-order valence-electron chi connectivity index (χ1n) is 6.25. The van der Waals surface area contributed by atoms with Crippen LogP contribution in [0, 0.1) is 6.42 Å². The molecule has 23 heavy (non-hydrogen) atoms. The quantitative estimate of drug-likeness (QED) is 0.285. The SMILES string of the molecule is Brc1cc(Br)c(OC[CH]COc2c(Br)cc(Br)cc2Br)c(Br)c1. The van der Waals surface area contributed by atoms with Crippen LogP contribution in [0.4, 0.5) is 0 Å². The zero-order chi connectivity index (χ0) is 17.0. The highest BCUT2D eigenvalue weighted by Crippen LogP contribution is 2.37. The standard InChI is InChI=1S/C15H9Br6O2/c16-8-4-10(18)14(11(19)5-8)22-2-1-3-23-15-12(20)6-9(17)7-13(15)21/h1,4-7H,2-3H2. The van der Waals surface area contributed by atoms with E-state index in [0.29, 0.717) is 13.2 Å². The maximum Gasteiger partial charge on any atom is 0.147 e. The van der Waals surface area contributed by atoms with Crippen molar-refractivity contribution in [1.82, 2.24) is 0 Å². The zero-order valence-electron chi connectivity index (χ0n) is 11.4. The summed E-state index contributed by atoms with van der Waals surface area (Å²) < 4.78 is 17.0. The summed E-state index contributed by atoms with van der Waals surface area (Å²) in [4.78, 5) is 0. The fraction of sp³-hybridized carbons (Fsp3) is 0.133. The Kier molecular flexibility index (Phi) is 8.42. The molecule has 2 aromatic carbocycles. The lowest BCUT2D eigenvalue weighted by atomic mass is 10.3. The second kappa shape index (κ2) is 9.57. The fourth-order valence-corrected chi connectivity index (χ4v) is 6.64. The molecule has 0 aliphatic carbocycles. The molecule has 0 aliphatic rings. The van der Waals surface area contributed by atoms with Crippen LogP contribution in [-0.4, -0.2) is 13.2 Å². The van der Waals surface area contributed by atoms with E-state index in [1.165, 1.54) is 0 Å². The largest absolute Gasteiger partial charge is 0.491 e. The molecule has 8 heteroatoms. The van der Waals surface area contributed by atoms with Crippen LogP contribution >= 0.6 is 95.6 Å². The summed E-state index contributed by atoms with van der Waals surface area (Å²) in [6, 6.07) is 7.75. The van der Waals surface area contributed by atoms with Gasteiger partial charge in [-0.05, 0) is 88.0 Å². The molecule has 0 saturated carbocycles. The summed E-state index contributed by atoms with van der Waals surface area (Å²) in [5, 5.41) is 0. The van der Waals surface area contributed by atoms with Gasteiger partial charge in [0.25, 0.3) is 0 Å². The van der Waals surface area contributed by atoms with Gasteiger partial charge >= 0.3 is 0 Å². The van der Waals surface area contributed by atoms with Gasteiger partial charge in [0.2, 0.25) is 0 Å². The van der Waals surface area contributed by atoms with Gasteiger partial charge in [0.1, 0.15) is 11.5 Å². The molecule has 2 rings (SSSR count). The molecule has 0 fully saturated rings. The number of hydrogen-bond acceptors (Lipinski definition) is 2. The van der Waals surface area contributed by atoms with E-state index < -0.39 is 0 Å². The lowest BCUT2D eigenvalue weighted by molar-refractivity contribution is 0.292. The van der Waals surface area contributed by atoms with Crippen LogP contribution in [0.25, 0.3) is 0 Å². The Labute approximate surface area is 185 Å². The van der Waals surface area contributed by atoms with E-state index in [4.69, 9.17) is 9.47 Å². The van der Waals surface area contributed by atoms with E-state index in [1.54, 1.807) is 0 Å². The van der Waals surface area contributed by atoms with Gasteiger partial charge in [-0.1, -0.05) is 31.9 Å². The maximum atomic E-state index is 5.76. The van der Waals surface area contributed by atoms with E-state index in [9.17, 15) is 0 Å². The van der Waals surface area contributed by atoms with Gasteiger partial charge in [-0.15, -0.1) is 0 Å². The van der Waals surface area contributed by atoms with Crippen LogP contribution < -0.4 is 9.47 Å². The smallest absolute Gasteiger partial charge is 0.147 e. The highest BCUT2D eigenvalue weighted by Gasteiger charge is 2.10. The second-order valence-corrected chi connectivity index (χ2v) is 9.56. The van der Waals surface area contributed by atoms with Crippen LogP contribution in [0.2, 0.25) is 0 Å². The Hall–Kier alpha value is 0.920. The summed E-state index contributed by atoms with van der Waals surface area (Å²) in [5.74, 6) is 1.52. The van der Waals surface area contributed by atoms with Crippen LogP contribution in [0.1, 0.15) is 0 Å². The second-order valence-electron chi connectivity index (χ2n) is 4.31. The molecule has 0 atom stereocenters. The molecule has 2 aromatic rings. The number of ether oxygens (including phenoxy) is 2. The lowest BCUT2D eigenvalue weighted by Gasteiger charge is -2.13. The van der Waals surface area contributed by atoms with Gasteiger partial charge < -0.3 is 9.47 Å². The lowest BCUT2D eigenvalue weighted by Crippen LogP contribution is -2.07. The molecule has 0 aromatic heterocycles. The molecule has 0 unspecified atom stereocenters. The molecule has 0 spiro atoms. The Morgan fingerprint density at radius 3 is 1.22 bits per heavy atom. The molecule has 1 radical (unpaired) electrons. The van der Waals surface area contributed by atoms with Crippen LogP contribution in [0.5, 0.6) is 11.5 Å². The van der Waals surface area contributed by atoms with Crippen molar-refractivity contribution in [3.63, 3.8) is 0 Å². The fourth-order valence-electron chi connectivity index (χ4n) is 1.67. The van der Waals surface area contributed by atoms with E-state index >= 15 is 0 Å².